The molecule has 6 heteroatoms. The van der Waals surface area contributed by atoms with Crippen molar-refractivity contribution in [3.63, 3.8) is 0 Å². The zero-order valence-electron chi connectivity index (χ0n) is 18.5. The zero-order valence-corrected chi connectivity index (χ0v) is 19.4. The van der Waals surface area contributed by atoms with Crippen LogP contribution in [0.2, 0.25) is 0 Å². The molecule has 0 bridgehead atoms. The molecule has 33 heavy (non-hydrogen) atoms. The number of nitrogens with one attached hydrogen (secondary N) is 1. The highest BCUT2D eigenvalue weighted by molar-refractivity contribution is 7.10. The van der Waals surface area contributed by atoms with Gasteiger partial charge in [-0.25, -0.2) is 0 Å². The lowest BCUT2D eigenvalue weighted by molar-refractivity contribution is 0.0939. The highest BCUT2D eigenvalue weighted by Crippen LogP contribution is 2.29. The van der Waals surface area contributed by atoms with E-state index in [9.17, 15) is 9.59 Å². The summed E-state index contributed by atoms with van der Waals surface area (Å²) in [4.78, 5) is 30.1. The highest BCUT2D eigenvalue weighted by Gasteiger charge is 2.25. The summed E-state index contributed by atoms with van der Waals surface area (Å²) < 4.78 is 6.22. The highest BCUT2D eigenvalue weighted by atomic mass is 32.1. The molecule has 0 saturated carbocycles. The minimum Gasteiger partial charge on any atom is -0.455 e. The molecule has 2 aromatic heterocycles. The number of nitrogens with zero attached hydrogens (tertiary/aromatic N) is 1. The van der Waals surface area contributed by atoms with Gasteiger partial charge < -0.3 is 9.73 Å². The van der Waals surface area contributed by atoms with Crippen molar-refractivity contribution in [1.29, 1.82) is 0 Å². The number of para-hydroxylation sites is 1. The predicted molar refractivity (Wildman–Crippen MR) is 133 cm³/mol. The summed E-state index contributed by atoms with van der Waals surface area (Å²) in [6.45, 7) is 4.36. The molecular formula is C27H26N2O3S. The molecule has 5 rings (SSSR count). The smallest absolute Gasteiger partial charge is 0.255 e. The van der Waals surface area contributed by atoms with Crippen molar-refractivity contribution in [2.24, 2.45) is 0 Å². The first-order valence-corrected chi connectivity index (χ1v) is 12.2. The van der Waals surface area contributed by atoms with Crippen molar-refractivity contribution in [3.05, 3.63) is 92.3 Å². The second-order valence-electron chi connectivity index (χ2n) is 8.42. The molecule has 1 unspecified atom stereocenters. The maximum absolute atomic E-state index is 13.3. The largest absolute Gasteiger partial charge is 0.455 e. The normalized spacial score (nSPS) is 15.1. The number of carbonyl (C=O) groups excluding carboxylic acids is 1. The van der Waals surface area contributed by atoms with E-state index in [1.807, 2.05) is 30.3 Å². The SMILES string of the molecule is Cc1c(-c2ccccc2)oc2c(C(=O)NCC(c3cccs3)N3CCCC3)cccc2c1=O. The molecule has 1 saturated heterocycles. The number of fused-ring (bicyclic) bond motifs is 1. The molecule has 0 radical (unpaired) electrons. The summed E-state index contributed by atoms with van der Waals surface area (Å²) in [5.74, 6) is 0.272. The lowest BCUT2D eigenvalue weighted by Gasteiger charge is -2.27. The van der Waals surface area contributed by atoms with E-state index < -0.39 is 0 Å². The average molecular weight is 459 g/mol. The number of benzene rings is 2. The average Bonchev–Trinajstić information content (AvgIpc) is 3.57. The lowest BCUT2D eigenvalue weighted by atomic mass is 10.0. The molecule has 1 atom stereocenters. The third-order valence-electron chi connectivity index (χ3n) is 6.33. The second kappa shape index (κ2) is 9.33. The number of likely N-dealkylation sites (tertiary alicyclic amines) is 1. The summed E-state index contributed by atoms with van der Waals surface area (Å²) in [5, 5.41) is 5.62. The summed E-state index contributed by atoms with van der Waals surface area (Å²) in [6.07, 6.45) is 2.37. The number of carbonyl (C=O) groups is 1. The molecule has 168 valence electrons. The van der Waals surface area contributed by atoms with Crippen LogP contribution in [-0.2, 0) is 0 Å². The fourth-order valence-electron chi connectivity index (χ4n) is 4.58. The Morgan fingerprint density at radius 1 is 1.06 bits per heavy atom. The number of thiophene rings is 1. The molecule has 0 aliphatic carbocycles. The number of rotatable bonds is 6. The van der Waals surface area contributed by atoms with Crippen LogP contribution in [-0.4, -0.2) is 30.4 Å². The van der Waals surface area contributed by atoms with Gasteiger partial charge in [0, 0.05) is 22.5 Å². The van der Waals surface area contributed by atoms with Gasteiger partial charge in [-0.2, -0.15) is 0 Å². The molecule has 5 nitrogen and oxygen atoms in total. The second-order valence-corrected chi connectivity index (χ2v) is 9.40. The van der Waals surface area contributed by atoms with Crippen molar-refractivity contribution < 1.29 is 9.21 Å². The molecule has 2 aromatic carbocycles. The minimum atomic E-state index is -0.229. The summed E-state index contributed by atoms with van der Waals surface area (Å²) in [5.41, 5.74) is 1.96. The molecule has 1 aliphatic rings. The van der Waals surface area contributed by atoms with E-state index in [1.165, 1.54) is 17.7 Å². The van der Waals surface area contributed by atoms with Crippen LogP contribution in [0.15, 0.2) is 75.3 Å². The van der Waals surface area contributed by atoms with Crippen LogP contribution >= 0.6 is 11.3 Å². The molecule has 3 heterocycles. The van der Waals surface area contributed by atoms with Gasteiger partial charge in [0.15, 0.2) is 11.0 Å². The summed E-state index contributed by atoms with van der Waals surface area (Å²) >= 11 is 1.72. The third-order valence-corrected chi connectivity index (χ3v) is 7.31. The van der Waals surface area contributed by atoms with Crippen molar-refractivity contribution in [1.82, 2.24) is 10.2 Å². The minimum absolute atomic E-state index is 0.113. The number of amides is 1. The van der Waals surface area contributed by atoms with Gasteiger partial charge in [0.05, 0.1) is 17.0 Å². The Bertz CT molecular complexity index is 1320. The van der Waals surface area contributed by atoms with E-state index in [0.29, 0.717) is 34.4 Å². The third kappa shape index (κ3) is 4.24. The van der Waals surface area contributed by atoms with E-state index in [1.54, 1.807) is 36.5 Å². The topological polar surface area (TPSA) is 62.6 Å². The molecule has 4 aromatic rings. The molecule has 1 aliphatic heterocycles. The van der Waals surface area contributed by atoms with Gasteiger partial charge in [-0.1, -0.05) is 42.5 Å². The quantitative estimate of drug-likeness (QED) is 0.420. The van der Waals surface area contributed by atoms with E-state index in [2.05, 4.69) is 27.7 Å². The molecule has 0 spiro atoms. The van der Waals surface area contributed by atoms with Gasteiger partial charge in [0.1, 0.15) is 5.76 Å². The predicted octanol–water partition coefficient (Wildman–Crippen LogP) is 5.40. The van der Waals surface area contributed by atoms with Crippen LogP contribution in [0.25, 0.3) is 22.3 Å². The Balaban J connectivity index is 1.48. The fraction of sp³-hybridized carbons (Fsp3) is 0.259. The monoisotopic (exact) mass is 458 g/mol. The Morgan fingerprint density at radius 2 is 1.85 bits per heavy atom. The standard InChI is InChI=1S/C27H26N2O3S/c1-18-24(30)20-11-7-12-21(26(20)32-25(18)19-9-3-2-4-10-19)27(31)28-17-22(23-13-8-16-33-23)29-14-5-6-15-29/h2-4,7-13,16,22H,5-6,14-15,17H2,1H3,(H,28,31). The summed E-state index contributed by atoms with van der Waals surface area (Å²) in [7, 11) is 0. The maximum Gasteiger partial charge on any atom is 0.255 e. The Morgan fingerprint density at radius 3 is 2.58 bits per heavy atom. The van der Waals surface area contributed by atoms with E-state index in [0.717, 1.165) is 18.7 Å². The van der Waals surface area contributed by atoms with Crippen LogP contribution < -0.4 is 10.7 Å². The van der Waals surface area contributed by atoms with Crippen molar-refractivity contribution in [3.8, 4) is 11.3 Å². The van der Waals surface area contributed by atoms with Gasteiger partial charge in [0.25, 0.3) is 5.91 Å². The van der Waals surface area contributed by atoms with Gasteiger partial charge in [0.2, 0.25) is 0 Å². The van der Waals surface area contributed by atoms with Crippen LogP contribution in [0.1, 0.15) is 39.7 Å². The van der Waals surface area contributed by atoms with Crippen molar-refractivity contribution >= 4 is 28.2 Å². The van der Waals surface area contributed by atoms with E-state index >= 15 is 0 Å². The van der Waals surface area contributed by atoms with Gasteiger partial charge in [-0.15, -0.1) is 11.3 Å². The molecule has 1 amide bonds. The summed E-state index contributed by atoms with van der Waals surface area (Å²) in [6, 6.07) is 19.1. The Kier molecular flexibility index (Phi) is 6.11. The van der Waals surface area contributed by atoms with Crippen molar-refractivity contribution in [2.75, 3.05) is 19.6 Å². The molecular weight excluding hydrogens is 432 g/mol. The van der Waals surface area contributed by atoms with Crippen LogP contribution in [0.3, 0.4) is 0 Å². The fourth-order valence-corrected chi connectivity index (χ4v) is 5.44. The first kappa shape index (κ1) is 21.6. The first-order valence-electron chi connectivity index (χ1n) is 11.3. The van der Waals surface area contributed by atoms with Crippen molar-refractivity contribution in [2.45, 2.75) is 25.8 Å². The Hall–Kier alpha value is -3.22. The first-order chi connectivity index (χ1) is 16.1. The van der Waals surface area contributed by atoms with E-state index in [4.69, 9.17) is 4.42 Å². The van der Waals surface area contributed by atoms with Crippen LogP contribution in [0.5, 0.6) is 0 Å². The molecule has 1 N–H and O–H groups in total. The van der Waals surface area contributed by atoms with E-state index in [-0.39, 0.29) is 17.4 Å². The van der Waals surface area contributed by atoms with Gasteiger partial charge in [-0.05, 0) is 56.4 Å². The maximum atomic E-state index is 13.3. The van der Waals surface area contributed by atoms with Gasteiger partial charge in [-0.3, -0.25) is 14.5 Å². The number of hydrogen-bond acceptors (Lipinski definition) is 5. The Labute approximate surface area is 196 Å². The van der Waals surface area contributed by atoms with Crippen LogP contribution in [0, 0.1) is 6.92 Å². The lowest BCUT2D eigenvalue weighted by Crippen LogP contribution is -2.36. The van der Waals surface area contributed by atoms with Gasteiger partial charge >= 0.3 is 0 Å². The van der Waals surface area contributed by atoms with Crippen LogP contribution in [0.4, 0.5) is 0 Å². The zero-order chi connectivity index (χ0) is 22.8. The molecule has 1 fully saturated rings. The number of hydrogen-bond donors (Lipinski definition) is 1.